The molecule has 0 fully saturated rings. The molecular weight excluding hydrogens is 286 g/mol. The average Bonchev–Trinajstić information content (AvgIpc) is 3.17. The van der Waals surface area contributed by atoms with Gasteiger partial charge in [0.1, 0.15) is 6.33 Å². The van der Waals surface area contributed by atoms with Gasteiger partial charge in [0, 0.05) is 27.7 Å². The Hall–Kier alpha value is -3.21. The lowest BCUT2D eigenvalue weighted by Crippen LogP contribution is -1.94. The highest BCUT2D eigenvalue weighted by atomic mass is 15.4. The van der Waals surface area contributed by atoms with Crippen LogP contribution in [0.2, 0.25) is 0 Å². The van der Waals surface area contributed by atoms with Gasteiger partial charge in [-0.05, 0) is 13.0 Å². The minimum Gasteiger partial charge on any atom is -0.358 e. The normalized spacial score (nSPS) is 11.5. The second kappa shape index (κ2) is 5.53. The van der Waals surface area contributed by atoms with E-state index >= 15 is 0 Å². The van der Waals surface area contributed by atoms with E-state index in [0.29, 0.717) is 0 Å². The molecule has 5 nitrogen and oxygen atoms in total. The van der Waals surface area contributed by atoms with Gasteiger partial charge in [-0.1, -0.05) is 48.5 Å². The molecule has 0 saturated carbocycles. The quantitative estimate of drug-likeness (QED) is 0.588. The maximum Gasteiger partial charge on any atom is 0.184 e. The van der Waals surface area contributed by atoms with Crippen LogP contribution in [0.1, 0.15) is 11.3 Å². The standard InChI is InChI=1S/C18H15N5/c1-13-16(15-9-5-6-10-17(15)21-13)11-20-23-12-19-22-18(23)14-7-3-2-4-8-14/h2-12,21H,1H3/b20-11+. The van der Waals surface area contributed by atoms with Crippen LogP contribution in [0.25, 0.3) is 22.3 Å². The fraction of sp³-hybridized carbons (Fsp3) is 0.0556. The SMILES string of the molecule is Cc1[nH]c2ccccc2c1/C=N/n1cnnc1-c1ccccc1. The zero-order chi connectivity index (χ0) is 15.6. The summed E-state index contributed by atoms with van der Waals surface area (Å²) < 4.78 is 1.69. The van der Waals surface area contributed by atoms with Gasteiger partial charge in [-0.3, -0.25) is 0 Å². The molecule has 5 heteroatoms. The number of H-pyrrole nitrogens is 1. The average molecular weight is 301 g/mol. The predicted octanol–water partition coefficient (Wildman–Crippen LogP) is 3.62. The Balaban J connectivity index is 1.75. The van der Waals surface area contributed by atoms with Crippen LogP contribution in [-0.2, 0) is 0 Å². The third kappa shape index (κ3) is 2.42. The molecule has 4 rings (SSSR count). The van der Waals surface area contributed by atoms with Gasteiger partial charge in [0.25, 0.3) is 0 Å². The highest BCUT2D eigenvalue weighted by molar-refractivity contribution is 6.00. The Kier molecular flexibility index (Phi) is 3.24. The number of para-hydroxylation sites is 1. The number of nitrogens with one attached hydrogen (secondary N) is 1. The predicted molar refractivity (Wildman–Crippen MR) is 91.5 cm³/mol. The number of hydrogen-bond donors (Lipinski definition) is 1. The first kappa shape index (κ1) is 13.5. The Morgan fingerprint density at radius 2 is 1.83 bits per heavy atom. The van der Waals surface area contributed by atoms with Crippen molar-refractivity contribution in [2.75, 3.05) is 0 Å². The van der Waals surface area contributed by atoms with E-state index in [1.165, 1.54) is 0 Å². The van der Waals surface area contributed by atoms with Gasteiger partial charge in [0.15, 0.2) is 5.82 Å². The van der Waals surface area contributed by atoms with Crippen molar-refractivity contribution in [1.82, 2.24) is 19.9 Å². The summed E-state index contributed by atoms with van der Waals surface area (Å²) in [5.74, 6) is 0.722. The first-order chi connectivity index (χ1) is 11.3. The number of benzene rings is 2. The minimum atomic E-state index is 0.722. The van der Waals surface area contributed by atoms with E-state index in [4.69, 9.17) is 0 Å². The second-order valence-electron chi connectivity index (χ2n) is 5.32. The largest absolute Gasteiger partial charge is 0.358 e. The fourth-order valence-corrected chi connectivity index (χ4v) is 2.68. The van der Waals surface area contributed by atoms with E-state index in [1.54, 1.807) is 11.0 Å². The molecule has 0 bridgehead atoms. The van der Waals surface area contributed by atoms with Gasteiger partial charge in [-0.2, -0.15) is 9.78 Å². The molecule has 112 valence electrons. The van der Waals surface area contributed by atoms with Crippen molar-refractivity contribution in [3.05, 3.63) is 72.2 Å². The first-order valence-electron chi connectivity index (χ1n) is 7.40. The van der Waals surface area contributed by atoms with E-state index in [2.05, 4.69) is 32.4 Å². The van der Waals surface area contributed by atoms with Crippen molar-refractivity contribution < 1.29 is 0 Å². The summed E-state index contributed by atoms with van der Waals surface area (Å²) in [5.41, 5.74) is 4.26. The van der Waals surface area contributed by atoms with Crippen LogP contribution in [-0.4, -0.2) is 26.1 Å². The van der Waals surface area contributed by atoms with Crippen molar-refractivity contribution in [3.8, 4) is 11.4 Å². The van der Waals surface area contributed by atoms with E-state index in [9.17, 15) is 0 Å². The fourth-order valence-electron chi connectivity index (χ4n) is 2.68. The molecule has 0 unspecified atom stereocenters. The first-order valence-corrected chi connectivity index (χ1v) is 7.40. The number of aromatic nitrogens is 4. The molecule has 0 radical (unpaired) electrons. The summed E-state index contributed by atoms with van der Waals surface area (Å²) in [6.45, 7) is 2.05. The van der Waals surface area contributed by atoms with E-state index < -0.39 is 0 Å². The van der Waals surface area contributed by atoms with E-state index in [1.807, 2.05) is 55.6 Å². The number of hydrogen-bond acceptors (Lipinski definition) is 3. The Morgan fingerprint density at radius 3 is 2.70 bits per heavy atom. The summed E-state index contributed by atoms with van der Waals surface area (Å²) >= 11 is 0. The molecular formula is C18H15N5. The topological polar surface area (TPSA) is 58.9 Å². The molecule has 1 N–H and O–H groups in total. The zero-order valence-corrected chi connectivity index (χ0v) is 12.6. The summed E-state index contributed by atoms with van der Waals surface area (Å²) in [4.78, 5) is 3.37. The molecule has 0 aliphatic rings. The van der Waals surface area contributed by atoms with Gasteiger partial charge in [0.2, 0.25) is 0 Å². The Bertz CT molecular complexity index is 979. The summed E-state index contributed by atoms with van der Waals surface area (Å²) in [6.07, 6.45) is 3.47. The highest BCUT2D eigenvalue weighted by Gasteiger charge is 2.08. The monoisotopic (exact) mass is 301 g/mol. The van der Waals surface area contributed by atoms with Crippen molar-refractivity contribution >= 4 is 17.1 Å². The number of aromatic amines is 1. The lowest BCUT2D eigenvalue weighted by molar-refractivity contribution is 0.888. The molecule has 2 heterocycles. The third-order valence-electron chi connectivity index (χ3n) is 3.82. The molecule has 4 aromatic rings. The summed E-state index contributed by atoms with van der Waals surface area (Å²) in [7, 11) is 0. The van der Waals surface area contributed by atoms with Crippen molar-refractivity contribution in [3.63, 3.8) is 0 Å². The summed E-state index contributed by atoms with van der Waals surface area (Å²) in [5, 5.41) is 13.8. The van der Waals surface area contributed by atoms with Crippen molar-refractivity contribution in [2.24, 2.45) is 5.10 Å². The molecule has 2 aromatic carbocycles. The van der Waals surface area contributed by atoms with Gasteiger partial charge >= 0.3 is 0 Å². The molecule has 0 amide bonds. The summed E-state index contributed by atoms with van der Waals surface area (Å²) in [6, 6.07) is 18.1. The molecule has 0 spiro atoms. The molecule has 0 aliphatic carbocycles. The van der Waals surface area contributed by atoms with E-state index in [0.717, 1.165) is 33.5 Å². The molecule has 0 atom stereocenters. The van der Waals surface area contributed by atoms with Crippen LogP contribution in [0.5, 0.6) is 0 Å². The van der Waals surface area contributed by atoms with Crippen LogP contribution in [0, 0.1) is 6.92 Å². The Labute approximate surface area is 133 Å². The van der Waals surface area contributed by atoms with E-state index in [-0.39, 0.29) is 0 Å². The van der Waals surface area contributed by atoms with Crippen LogP contribution >= 0.6 is 0 Å². The van der Waals surface area contributed by atoms with Gasteiger partial charge < -0.3 is 4.98 Å². The smallest absolute Gasteiger partial charge is 0.184 e. The lowest BCUT2D eigenvalue weighted by Gasteiger charge is -2.00. The molecule has 0 saturated heterocycles. The van der Waals surface area contributed by atoms with Crippen LogP contribution < -0.4 is 0 Å². The molecule has 23 heavy (non-hydrogen) atoms. The molecule has 2 aromatic heterocycles. The highest BCUT2D eigenvalue weighted by Crippen LogP contribution is 2.20. The van der Waals surface area contributed by atoms with Crippen molar-refractivity contribution in [2.45, 2.75) is 6.92 Å². The van der Waals surface area contributed by atoms with Gasteiger partial charge in [-0.25, -0.2) is 0 Å². The number of aryl methyl sites for hydroxylation is 1. The number of fused-ring (bicyclic) bond motifs is 1. The van der Waals surface area contributed by atoms with Gasteiger partial charge in [0.05, 0.1) is 6.21 Å². The van der Waals surface area contributed by atoms with Crippen LogP contribution in [0.15, 0.2) is 66.0 Å². The number of rotatable bonds is 3. The second-order valence-corrected chi connectivity index (χ2v) is 5.32. The minimum absolute atomic E-state index is 0.722. The third-order valence-corrected chi connectivity index (χ3v) is 3.82. The van der Waals surface area contributed by atoms with Crippen LogP contribution in [0.4, 0.5) is 0 Å². The van der Waals surface area contributed by atoms with Gasteiger partial charge in [-0.15, -0.1) is 10.2 Å². The van der Waals surface area contributed by atoms with Crippen molar-refractivity contribution in [1.29, 1.82) is 0 Å². The maximum atomic E-state index is 4.54. The Morgan fingerprint density at radius 1 is 1.04 bits per heavy atom. The van der Waals surface area contributed by atoms with Crippen LogP contribution in [0.3, 0.4) is 0 Å². The maximum absolute atomic E-state index is 4.54. The lowest BCUT2D eigenvalue weighted by atomic mass is 10.1. The zero-order valence-electron chi connectivity index (χ0n) is 12.6. The number of nitrogens with zero attached hydrogens (tertiary/aromatic N) is 4. The molecule has 0 aliphatic heterocycles.